The molecule has 0 saturated carbocycles. The largest absolute Gasteiger partial charge is 0.573 e. The minimum atomic E-state index is -4.73. The van der Waals surface area contributed by atoms with E-state index in [0.29, 0.717) is 12.2 Å². The van der Waals surface area contributed by atoms with Gasteiger partial charge >= 0.3 is 6.36 Å². The summed E-state index contributed by atoms with van der Waals surface area (Å²) in [4.78, 5) is 17.8. The van der Waals surface area contributed by atoms with E-state index in [2.05, 4.69) is 15.0 Å². The van der Waals surface area contributed by atoms with Gasteiger partial charge in [-0.1, -0.05) is 0 Å². The molecule has 0 spiro atoms. The Morgan fingerprint density at radius 3 is 2.40 bits per heavy atom. The number of hydrogen-bond acceptors (Lipinski definition) is 4. The summed E-state index contributed by atoms with van der Waals surface area (Å²) in [6.07, 6.45) is -0.513. The lowest BCUT2D eigenvalue weighted by Crippen LogP contribution is -2.31. The monoisotopic (exact) mass is 353 g/mol. The van der Waals surface area contributed by atoms with Crippen LogP contribution >= 0.6 is 0 Å². The molecule has 0 bridgehead atoms. The standard InChI is InChI=1S/C17H18F3N3O2/c1-23(11-8-13-6-9-21-10-7-13)12-16(24)22-14-2-4-15(5-3-14)25-17(18,19)20/h2-7,9-10H,8,11-12H2,1H3,(H,22,24). The van der Waals surface area contributed by atoms with Crippen LogP contribution in [-0.2, 0) is 11.2 Å². The molecular weight excluding hydrogens is 335 g/mol. The summed E-state index contributed by atoms with van der Waals surface area (Å²) >= 11 is 0. The number of likely N-dealkylation sites (N-methyl/N-ethyl adjacent to an activating group) is 1. The third kappa shape index (κ3) is 7.21. The number of rotatable bonds is 7. The summed E-state index contributed by atoms with van der Waals surface area (Å²) < 4.78 is 40.0. The predicted octanol–water partition coefficient (Wildman–Crippen LogP) is 3.09. The minimum Gasteiger partial charge on any atom is -0.406 e. The number of alkyl halides is 3. The van der Waals surface area contributed by atoms with Crippen molar-refractivity contribution in [2.45, 2.75) is 12.8 Å². The zero-order valence-electron chi connectivity index (χ0n) is 13.6. The van der Waals surface area contributed by atoms with Crippen molar-refractivity contribution < 1.29 is 22.7 Å². The Bertz CT molecular complexity index is 676. The number of carbonyl (C=O) groups excluding carboxylic acids is 1. The zero-order chi connectivity index (χ0) is 18.3. The summed E-state index contributed by atoms with van der Waals surface area (Å²) in [7, 11) is 1.82. The zero-order valence-corrected chi connectivity index (χ0v) is 13.6. The Hall–Kier alpha value is -2.61. The SMILES string of the molecule is CN(CCc1ccncc1)CC(=O)Nc1ccc(OC(F)(F)F)cc1. The summed E-state index contributed by atoms with van der Waals surface area (Å²) in [6.45, 7) is 0.863. The number of aromatic nitrogens is 1. The second kappa shape index (κ2) is 8.48. The van der Waals surface area contributed by atoms with E-state index in [1.165, 1.54) is 12.1 Å². The first-order valence-corrected chi connectivity index (χ1v) is 7.55. The van der Waals surface area contributed by atoms with Gasteiger partial charge in [-0.25, -0.2) is 0 Å². The van der Waals surface area contributed by atoms with Crippen molar-refractivity contribution in [2.75, 3.05) is 25.5 Å². The van der Waals surface area contributed by atoms with E-state index in [1.807, 2.05) is 24.1 Å². The highest BCUT2D eigenvalue weighted by Crippen LogP contribution is 2.23. The molecule has 0 aliphatic carbocycles. The molecule has 134 valence electrons. The highest BCUT2D eigenvalue weighted by atomic mass is 19.4. The fraction of sp³-hybridized carbons (Fsp3) is 0.294. The molecule has 1 heterocycles. The average molecular weight is 353 g/mol. The molecule has 1 aromatic carbocycles. The van der Waals surface area contributed by atoms with Crippen LogP contribution in [0, 0.1) is 0 Å². The van der Waals surface area contributed by atoms with Crippen molar-refractivity contribution in [1.29, 1.82) is 0 Å². The first-order chi connectivity index (χ1) is 11.8. The number of pyridine rings is 1. The summed E-state index contributed by atoms with van der Waals surface area (Å²) in [5, 5.41) is 2.63. The number of halogens is 3. The molecule has 0 fully saturated rings. The van der Waals surface area contributed by atoms with Gasteiger partial charge in [-0.15, -0.1) is 13.2 Å². The molecule has 5 nitrogen and oxygen atoms in total. The third-order valence-corrected chi connectivity index (χ3v) is 3.32. The van der Waals surface area contributed by atoms with Gasteiger partial charge in [0.05, 0.1) is 6.54 Å². The van der Waals surface area contributed by atoms with Gasteiger partial charge < -0.3 is 10.1 Å². The van der Waals surface area contributed by atoms with E-state index >= 15 is 0 Å². The molecule has 1 N–H and O–H groups in total. The number of amides is 1. The maximum atomic E-state index is 12.1. The summed E-state index contributed by atoms with van der Waals surface area (Å²) in [5.41, 5.74) is 1.53. The molecule has 0 unspecified atom stereocenters. The molecule has 0 saturated heterocycles. The molecule has 1 aromatic heterocycles. The van der Waals surface area contributed by atoms with Gasteiger partial charge in [0.1, 0.15) is 5.75 Å². The molecule has 2 rings (SSSR count). The van der Waals surface area contributed by atoms with Crippen LogP contribution in [0.15, 0.2) is 48.8 Å². The summed E-state index contributed by atoms with van der Waals surface area (Å²) in [5.74, 6) is -0.582. The second-order valence-corrected chi connectivity index (χ2v) is 5.46. The van der Waals surface area contributed by atoms with Crippen molar-refractivity contribution in [1.82, 2.24) is 9.88 Å². The van der Waals surface area contributed by atoms with E-state index in [1.54, 1.807) is 12.4 Å². The average Bonchev–Trinajstić information content (AvgIpc) is 2.54. The Morgan fingerprint density at radius 1 is 1.16 bits per heavy atom. The van der Waals surface area contributed by atoms with Gasteiger partial charge in [0.25, 0.3) is 0 Å². The molecule has 0 aliphatic rings. The molecule has 8 heteroatoms. The Morgan fingerprint density at radius 2 is 1.80 bits per heavy atom. The lowest BCUT2D eigenvalue weighted by Gasteiger charge is -2.16. The van der Waals surface area contributed by atoms with E-state index < -0.39 is 6.36 Å². The highest BCUT2D eigenvalue weighted by Gasteiger charge is 2.30. The minimum absolute atomic E-state index is 0.173. The number of ether oxygens (including phenoxy) is 1. The molecule has 1 amide bonds. The van der Waals surface area contributed by atoms with Crippen molar-refractivity contribution >= 4 is 11.6 Å². The maximum Gasteiger partial charge on any atom is 0.573 e. The molecular formula is C17H18F3N3O2. The smallest absolute Gasteiger partial charge is 0.406 e. The third-order valence-electron chi connectivity index (χ3n) is 3.32. The van der Waals surface area contributed by atoms with Crippen molar-refractivity contribution in [3.8, 4) is 5.75 Å². The normalized spacial score (nSPS) is 11.4. The summed E-state index contributed by atoms with van der Waals surface area (Å²) in [6, 6.07) is 8.84. The predicted molar refractivity (Wildman–Crippen MR) is 87.2 cm³/mol. The number of nitrogens with zero attached hydrogens (tertiary/aromatic N) is 2. The number of hydrogen-bond donors (Lipinski definition) is 1. The number of benzene rings is 1. The van der Waals surface area contributed by atoms with Crippen LogP contribution in [0.2, 0.25) is 0 Å². The van der Waals surface area contributed by atoms with Crippen LogP contribution in [0.4, 0.5) is 18.9 Å². The van der Waals surface area contributed by atoms with Crippen LogP contribution in [0.25, 0.3) is 0 Å². The molecule has 25 heavy (non-hydrogen) atoms. The number of anilines is 1. The van der Waals surface area contributed by atoms with Gasteiger partial charge in [-0.2, -0.15) is 0 Å². The topological polar surface area (TPSA) is 54.5 Å². The fourth-order valence-electron chi connectivity index (χ4n) is 2.13. The number of nitrogens with one attached hydrogen (secondary N) is 1. The van der Waals surface area contributed by atoms with Crippen LogP contribution in [0.5, 0.6) is 5.75 Å². The molecule has 0 radical (unpaired) electrons. The fourth-order valence-corrected chi connectivity index (χ4v) is 2.13. The van der Waals surface area contributed by atoms with Crippen molar-refractivity contribution in [2.24, 2.45) is 0 Å². The van der Waals surface area contributed by atoms with E-state index in [-0.39, 0.29) is 18.2 Å². The lowest BCUT2D eigenvalue weighted by molar-refractivity contribution is -0.274. The van der Waals surface area contributed by atoms with Crippen LogP contribution < -0.4 is 10.1 Å². The van der Waals surface area contributed by atoms with E-state index in [0.717, 1.165) is 24.1 Å². The first-order valence-electron chi connectivity index (χ1n) is 7.55. The lowest BCUT2D eigenvalue weighted by atomic mass is 10.2. The van der Waals surface area contributed by atoms with E-state index in [4.69, 9.17) is 0 Å². The highest BCUT2D eigenvalue weighted by molar-refractivity contribution is 5.92. The maximum absolute atomic E-state index is 12.1. The molecule has 0 atom stereocenters. The Balaban J connectivity index is 1.77. The van der Waals surface area contributed by atoms with Crippen molar-refractivity contribution in [3.05, 3.63) is 54.4 Å². The van der Waals surface area contributed by atoms with Gasteiger partial charge in [0.2, 0.25) is 5.91 Å². The van der Waals surface area contributed by atoms with Gasteiger partial charge in [-0.05, 0) is 55.4 Å². The number of carbonyl (C=O) groups is 1. The second-order valence-electron chi connectivity index (χ2n) is 5.46. The molecule has 0 aliphatic heterocycles. The molecule has 2 aromatic rings. The van der Waals surface area contributed by atoms with Crippen LogP contribution in [-0.4, -0.2) is 42.3 Å². The quantitative estimate of drug-likeness (QED) is 0.831. The van der Waals surface area contributed by atoms with Crippen LogP contribution in [0.1, 0.15) is 5.56 Å². The Labute approximate surface area is 143 Å². The van der Waals surface area contributed by atoms with Crippen molar-refractivity contribution in [3.63, 3.8) is 0 Å². The van der Waals surface area contributed by atoms with Gasteiger partial charge in [-0.3, -0.25) is 14.7 Å². The van der Waals surface area contributed by atoms with Gasteiger partial charge in [0, 0.05) is 24.6 Å². The first kappa shape index (κ1) is 18.7. The van der Waals surface area contributed by atoms with E-state index in [9.17, 15) is 18.0 Å². The van der Waals surface area contributed by atoms with Gasteiger partial charge in [0.15, 0.2) is 0 Å². The van der Waals surface area contributed by atoms with Crippen LogP contribution in [0.3, 0.4) is 0 Å². The Kier molecular flexibility index (Phi) is 6.35.